The Hall–Kier alpha value is 0.347. The van der Waals surface area contributed by atoms with Gasteiger partial charge in [0.2, 0.25) is 0 Å². The largest absolute Gasteiger partial charge is 0.501 e. The third-order valence-corrected chi connectivity index (χ3v) is 10.2. The van der Waals surface area contributed by atoms with E-state index in [1.807, 2.05) is 20.8 Å². The molecule has 0 aliphatic carbocycles. The van der Waals surface area contributed by atoms with E-state index < -0.39 is 8.80 Å². The van der Waals surface area contributed by atoms with E-state index in [2.05, 4.69) is 20.8 Å². The van der Waals surface area contributed by atoms with Gasteiger partial charge < -0.3 is 19.0 Å². The van der Waals surface area contributed by atoms with Crippen LogP contribution in [0.5, 0.6) is 0 Å². The zero-order valence-electron chi connectivity index (χ0n) is 24.6. The first-order valence-electron chi connectivity index (χ1n) is 15.1. The van der Waals surface area contributed by atoms with Crippen molar-refractivity contribution in [2.24, 2.45) is 11.7 Å². The fourth-order valence-electron chi connectivity index (χ4n) is 4.94. The quantitative estimate of drug-likeness (QED) is 0.0881. The lowest BCUT2D eigenvalue weighted by molar-refractivity contribution is 0.0626. The molecule has 0 spiro atoms. The van der Waals surface area contributed by atoms with Gasteiger partial charge in [-0.3, -0.25) is 0 Å². The van der Waals surface area contributed by atoms with E-state index in [1.54, 1.807) is 0 Å². The second kappa shape index (κ2) is 24.7. The van der Waals surface area contributed by atoms with Gasteiger partial charge in [0.1, 0.15) is 0 Å². The third-order valence-electron chi connectivity index (χ3n) is 7.05. The van der Waals surface area contributed by atoms with Gasteiger partial charge in [-0.1, -0.05) is 110 Å². The molecule has 0 saturated carbocycles. The SMILES string of the molecule is CCCCCCCCCCCCCCCCCCC(C[Si](OCC)(OCC)OCC)C(C)(C)N.Cl. The van der Waals surface area contributed by atoms with Gasteiger partial charge in [-0.2, -0.15) is 0 Å². The summed E-state index contributed by atoms with van der Waals surface area (Å²) in [4.78, 5) is 0. The van der Waals surface area contributed by atoms with E-state index in [-0.39, 0.29) is 17.9 Å². The van der Waals surface area contributed by atoms with Crippen molar-refractivity contribution >= 4 is 21.2 Å². The molecule has 0 radical (unpaired) electrons. The maximum atomic E-state index is 6.60. The minimum Gasteiger partial charge on any atom is -0.374 e. The summed E-state index contributed by atoms with van der Waals surface area (Å²) in [6.07, 6.45) is 23.5. The summed E-state index contributed by atoms with van der Waals surface area (Å²) < 4.78 is 18.3. The number of unbranched alkanes of at least 4 members (excludes halogenated alkanes) is 15. The first-order chi connectivity index (χ1) is 16.3. The van der Waals surface area contributed by atoms with Crippen LogP contribution in [0.1, 0.15) is 151 Å². The van der Waals surface area contributed by atoms with Gasteiger partial charge in [0.05, 0.1) is 0 Å². The number of halogens is 1. The van der Waals surface area contributed by atoms with E-state index in [9.17, 15) is 0 Å². The van der Waals surface area contributed by atoms with Crippen LogP contribution >= 0.6 is 12.4 Å². The first kappa shape index (κ1) is 37.5. The molecule has 0 amide bonds. The van der Waals surface area contributed by atoms with Gasteiger partial charge in [-0.05, 0) is 47.0 Å². The molecular formula is C29H64ClNO3Si. The second-order valence-electron chi connectivity index (χ2n) is 10.8. The average Bonchev–Trinajstić information content (AvgIpc) is 2.78. The van der Waals surface area contributed by atoms with Crippen LogP contribution in [0.3, 0.4) is 0 Å². The van der Waals surface area contributed by atoms with Crippen LogP contribution in [0, 0.1) is 5.92 Å². The average molecular weight is 538 g/mol. The topological polar surface area (TPSA) is 53.7 Å². The number of nitrogens with two attached hydrogens (primary N) is 1. The van der Waals surface area contributed by atoms with E-state index in [4.69, 9.17) is 19.0 Å². The number of hydrogen-bond acceptors (Lipinski definition) is 4. The summed E-state index contributed by atoms with van der Waals surface area (Å²) in [5, 5.41) is 0. The number of rotatable bonds is 26. The zero-order chi connectivity index (χ0) is 25.5. The molecule has 4 nitrogen and oxygen atoms in total. The Kier molecular flexibility index (Phi) is 26.4. The number of hydrogen-bond donors (Lipinski definition) is 1. The first-order valence-corrected chi connectivity index (χ1v) is 17.0. The van der Waals surface area contributed by atoms with Crippen LogP contribution in [-0.2, 0) is 13.3 Å². The van der Waals surface area contributed by atoms with Crippen molar-refractivity contribution in [2.45, 2.75) is 162 Å². The van der Waals surface area contributed by atoms with Gasteiger partial charge in [-0.25, -0.2) is 0 Å². The van der Waals surface area contributed by atoms with Crippen molar-refractivity contribution < 1.29 is 13.3 Å². The van der Waals surface area contributed by atoms with Crippen LogP contribution in [0.4, 0.5) is 0 Å². The van der Waals surface area contributed by atoms with Crippen molar-refractivity contribution in [2.75, 3.05) is 19.8 Å². The van der Waals surface area contributed by atoms with E-state index in [0.717, 1.165) is 12.5 Å². The highest BCUT2D eigenvalue weighted by atomic mass is 35.5. The van der Waals surface area contributed by atoms with Gasteiger partial charge in [0.15, 0.2) is 0 Å². The molecule has 0 aromatic heterocycles. The highest BCUT2D eigenvalue weighted by Gasteiger charge is 2.45. The fraction of sp³-hybridized carbons (Fsp3) is 1.00. The Morgan fingerprint density at radius 3 is 1.17 bits per heavy atom. The maximum Gasteiger partial charge on any atom is 0.501 e. The molecule has 1 unspecified atom stereocenters. The molecule has 0 saturated heterocycles. The summed E-state index contributed by atoms with van der Waals surface area (Å²) in [7, 11) is -2.66. The second-order valence-corrected chi connectivity index (χ2v) is 13.4. The van der Waals surface area contributed by atoms with Gasteiger partial charge in [-0.15, -0.1) is 12.4 Å². The van der Waals surface area contributed by atoms with Crippen molar-refractivity contribution in [1.29, 1.82) is 0 Å². The monoisotopic (exact) mass is 537 g/mol. The van der Waals surface area contributed by atoms with E-state index in [1.165, 1.54) is 103 Å². The molecule has 1 atom stereocenters. The van der Waals surface area contributed by atoms with Crippen molar-refractivity contribution in [3.8, 4) is 0 Å². The minimum absolute atomic E-state index is 0. The van der Waals surface area contributed by atoms with Gasteiger partial charge in [0, 0.05) is 31.4 Å². The van der Waals surface area contributed by atoms with Crippen LogP contribution in [0.2, 0.25) is 6.04 Å². The van der Waals surface area contributed by atoms with Gasteiger partial charge >= 0.3 is 8.80 Å². The summed E-state index contributed by atoms with van der Waals surface area (Å²) in [6, 6.07) is 0.824. The molecule has 0 aromatic carbocycles. The fourth-order valence-corrected chi connectivity index (χ4v) is 8.20. The lowest BCUT2D eigenvalue weighted by atomic mass is 9.85. The zero-order valence-corrected chi connectivity index (χ0v) is 26.5. The predicted octanol–water partition coefficient (Wildman–Crippen LogP) is 9.46. The summed E-state index contributed by atoms with van der Waals surface area (Å²) in [5.74, 6) is 0.357. The standard InChI is InChI=1S/C29H63NO3Si.ClH/c1-7-11-12-13-14-15-16-17-18-19-20-21-22-23-24-25-26-28(29(5,6)30)27-34(31-8-2,32-9-3)33-10-4;/h28H,7-27,30H2,1-6H3;1H. The van der Waals surface area contributed by atoms with Crippen molar-refractivity contribution in [3.63, 3.8) is 0 Å². The van der Waals surface area contributed by atoms with Crippen LogP contribution in [-0.4, -0.2) is 34.2 Å². The third kappa shape index (κ3) is 21.0. The summed E-state index contributed by atoms with van der Waals surface area (Å²) in [6.45, 7) is 14.5. The van der Waals surface area contributed by atoms with E-state index >= 15 is 0 Å². The Balaban J connectivity index is 0. The molecule has 6 heteroatoms. The van der Waals surface area contributed by atoms with Crippen LogP contribution < -0.4 is 5.73 Å². The molecule has 0 rings (SSSR count). The highest BCUT2D eigenvalue weighted by Crippen LogP contribution is 2.32. The van der Waals surface area contributed by atoms with Crippen molar-refractivity contribution in [1.82, 2.24) is 0 Å². The molecule has 2 N–H and O–H groups in total. The summed E-state index contributed by atoms with van der Waals surface area (Å²) >= 11 is 0. The molecule has 0 fully saturated rings. The smallest absolute Gasteiger partial charge is 0.374 e. The van der Waals surface area contributed by atoms with E-state index in [0.29, 0.717) is 25.7 Å². The Labute approximate surface area is 228 Å². The molecule has 0 bridgehead atoms. The van der Waals surface area contributed by atoms with Crippen LogP contribution in [0.15, 0.2) is 0 Å². The maximum absolute atomic E-state index is 6.60. The van der Waals surface area contributed by atoms with Crippen LogP contribution in [0.25, 0.3) is 0 Å². The van der Waals surface area contributed by atoms with Gasteiger partial charge in [0.25, 0.3) is 0 Å². The normalized spacial score (nSPS) is 13.1. The lowest BCUT2D eigenvalue weighted by Crippen LogP contribution is -2.52. The molecule has 0 aromatic rings. The molecule has 0 aliphatic heterocycles. The summed E-state index contributed by atoms with van der Waals surface area (Å²) in [5.41, 5.74) is 6.35. The molecule has 35 heavy (non-hydrogen) atoms. The molecule has 214 valence electrons. The predicted molar refractivity (Wildman–Crippen MR) is 159 cm³/mol. The lowest BCUT2D eigenvalue weighted by Gasteiger charge is -2.37. The molecule has 0 aliphatic rings. The molecular weight excluding hydrogens is 474 g/mol. The highest BCUT2D eigenvalue weighted by molar-refractivity contribution is 6.60. The minimum atomic E-state index is -2.66. The Morgan fingerprint density at radius 2 is 0.886 bits per heavy atom. The molecule has 0 heterocycles. The Morgan fingerprint density at radius 1 is 0.571 bits per heavy atom. The Bertz CT molecular complexity index is 418. The van der Waals surface area contributed by atoms with Crippen molar-refractivity contribution in [3.05, 3.63) is 0 Å².